The molecule has 0 spiro atoms. The van der Waals surface area contributed by atoms with Gasteiger partial charge in [-0.25, -0.2) is 13.1 Å². The standard InChI is InChI=1S/C8H15NO3S/c1-13(10,11)9-7-4-2-6-3-5-8(7)12-6/h6-9H,2-5H2,1H3. The van der Waals surface area contributed by atoms with Crippen LogP contribution in [0, 0.1) is 0 Å². The van der Waals surface area contributed by atoms with Crippen LogP contribution in [0.4, 0.5) is 0 Å². The van der Waals surface area contributed by atoms with Crippen molar-refractivity contribution in [2.75, 3.05) is 6.26 Å². The van der Waals surface area contributed by atoms with Gasteiger partial charge in [-0.3, -0.25) is 0 Å². The van der Waals surface area contributed by atoms with Gasteiger partial charge in [0.1, 0.15) is 0 Å². The molecule has 0 aromatic rings. The number of fused-ring (bicyclic) bond motifs is 2. The Kier molecular flexibility index (Phi) is 2.33. The van der Waals surface area contributed by atoms with Crippen molar-refractivity contribution < 1.29 is 13.2 Å². The Hall–Kier alpha value is -0.130. The highest BCUT2D eigenvalue weighted by molar-refractivity contribution is 7.88. The molecule has 0 aliphatic carbocycles. The predicted octanol–water partition coefficient (Wildman–Crippen LogP) is 0.246. The minimum absolute atomic E-state index is 0.00810. The summed E-state index contributed by atoms with van der Waals surface area (Å²) in [5.41, 5.74) is 0. The maximum absolute atomic E-state index is 11.0. The van der Waals surface area contributed by atoms with Gasteiger partial charge in [0, 0.05) is 6.04 Å². The van der Waals surface area contributed by atoms with Crippen LogP contribution in [0.3, 0.4) is 0 Å². The smallest absolute Gasteiger partial charge is 0.209 e. The fourth-order valence-corrected chi connectivity index (χ4v) is 3.02. The van der Waals surface area contributed by atoms with E-state index >= 15 is 0 Å². The van der Waals surface area contributed by atoms with Crippen molar-refractivity contribution in [2.45, 2.75) is 43.9 Å². The Morgan fingerprint density at radius 2 is 1.92 bits per heavy atom. The summed E-state index contributed by atoms with van der Waals surface area (Å²) in [6.45, 7) is 0. The molecule has 0 amide bonds. The van der Waals surface area contributed by atoms with Gasteiger partial charge in [0.25, 0.3) is 0 Å². The van der Waals surface area contributed by atoms with Crippen molar-refractivity contribution in [1.29, 1.82) is 0 Å². The number of sulfonamides is 1. The van der Waals surface area contributed by atoms with Crippen LogP contribution in [0.5, 0.6) is 0 Å². The monoisotopic (exact) mass is 205 g/mol. The summed E-state index contributed by atoms with van der Waals surface area (Å²) in [6.07, 6.45) is 5.71. The number of hydrogen-bond donors (Lipinski definition) is 1. The maximum Gasteiger partial charge on any atom is 0.209 e. The van der Waals surface area contributed by atoms with Crippen LogP contribution in [0.25, 0.3) is 0 Å². The summed E-state index contributed by atoms with van der Waals surface area (Å²) in [6, 6.07) is 0.00810. The molecular formula is C8H15NO3S. The largest absolute Gasteiger partial charge is 0.373 e. The Balaban J connectivity index is 2.00. The number of nitrogens with one attached hydrogen (secondary N) is 1. The summed E-state index contributed by atoms with van der Waals surface area (Å²) in [5.74, 6) is 0. The van der Waals surface area contributed by atoms with Gasteiger partial charge in [-0.15, -0.1) is 0 Å². The predicted molar refractivity (Wildman–Crippen MR) is 48.9 cm³/mol. The van der Waals surface area contributed by atoms with Gasteiger partial charge in [-0.05, 0) is 25.7 Å². The van der Waals surface area contributed by atoms with Crippen LogP contribution in [0.15, 0.2) is 0 Å². The van der Waals surface area contributed by atoms with Crippen LogP contribution in [0.2, 0.25) is 0 Å². The second-order valence-corrected chi connectivity index (χ2v) is 5.73. The fourth-order valence-electron chi connectivity index (χ4n) is 2.20. The Morgan fingerprint density at radius 1 is 1.23 bits per heavy atom. The molecule has 2 saturated heterocycles. The lowest BCUT2D eigenvalue weighted by molar-refractivity contribution is -0.0108. The average Bonchev–Trinajstić information content (AvgIpc) is 2.37. The summed E-state index contributed by atoms with van der Waals surface area (Å²) in [4.78, 5) is 0. The summed E-state index contributed by atoms with van der Waals surface area (Å²) < 4.78 is 30.3. The zero-order valence-corrected chi connectivity index (χ0v) is 8.51. The third-order valence-electron chi connectivity index (χ3n) is 2.75. The Bertz CT molecular complexity index is 288. The van der Waals surface area contributed by atoms with Gasteiger partial charge in [-0.1, -0.05) is 0 Å². The normalized spacial score (nSPS) is 39.3. The minimum Gasteiger partial charge on any atom is -0.373 e. The molecule has 4 nitrogen and oxygen atoms in total. The van der Waals surface area contributed by atoms with E-state index in [1.807, 2.05) is 0 Å². The van der Waals surface area contributed by atoms with Crippen LogP contribution in [-0.4, -0.2) is 32.9 Å². The van der Waals surface area contributed by atoms with Crippen molar-refractivity contribution in [1.82, 2.24) is 4.72 Å². The highest BCUT2D eigenvalue weighted by Gasteiger charge is 2.37. The van der Waals surface area contributed by atoms with Crippen molar-refractivity contribution in [3.8, 4) is 0 Å². The summed E-state index contributed by atoms with van der Waals surface area (Å²) >= 11 is 0. The first kappa shape index (κ1) is 9.43. The SMILES string of the molecule is CS(=O)(=O)NC1CCC2CCC1O2. The van der Waals surface area contributed by atoms with E-state index < -0.39 is 10.0 Å². The first-order valence-electron chi connectivity index (χ1n) is 4.67. The number of ether oxygens (including phenoxy) is 1. The van der Waals surface area contributed by atoms with Gasteiger partial charge in [0.2, 0.25) is 10.0 Å². The molecule has 2 heterocycles. The molecule has 2 rings (SSSR count). The zero-order valence-electron chi connectivity index (χ0n) is 7.69. The molecule has 13 heavy (non-hydrogen) atoms. The Labute approximate surface area is 78.7 Å². The van der Waals surface area contributed by atoms with Crippen molar-refractivity contribution in [3.63, 3.8) is 0 Å². The third-order valence-corrected chi connectivity index (χ3v) is 3.49. The molecule has 76 valence electrons. The molecule has 3 atom stereocenters. The lowest BCUT2D eigenvalue weighted by Crippen LogP contribution is -2.45. The van der Waals surface area contributed by atoms with E-state index in [-0.39, 0.29) is 12.1 Å². The second kappa shape index (κ2) is 3.22. The number of hydrogen-bond acceptors (Lipinski definition) is 3. The number of rotatable bonds is 2. The highest BCUT2D eigenvalue weighted by atomic mass is 32.2. The van der Waals surface area contributed by atoms with Crippen LogP contribution in [-0.2, 0) is 14.8 Å². The van der Waals surface area contributed by atoms with E-state index in [1.54, 1.807) is 0 Å². The van der Waals surface area contributed by atoms with Gasteiger partial charge in [0.05, 0.1) is 18.5 Å². The second-order valence-electron chi connectivity index (χ2n) is 3.95. The van der Waals surface area contributed by atoms with E-state index in [0.29, 0.717) is 6.10 Å². The van der Waals surface area contributed by atoms with Gasteiger partial charge in [0.15, 0.2) is 0 Å². The van der Waals surface area contributed by atoms with Crippen molar-refractivity contribution in [2.24, 2.45) is 0 Å². The zero-order chi connectivity index (χ0) is 9.47. The molecule has 2 bridgehead atoms. The van der Waals surface area contributed by atoms with Gasteiger partial charge < -0.3 is 4.74 Å². The summed E-state index contributed by atoms with van der Waals surface area (Å²) in [5, 5.41) is 0. The van der Waals surface area contributed by atoms with Gasteiger partial charge in [-0.2, -0.15) is 0 Å². The van der Waals surface area contributed by atoms with E-state index in [1.165, 1.54) is 6.26 Å². The molecular weight excluding hydrogens is 190 g/mol. The van der Waals surface area contributed by atoms with Crippen LogP contribution < -0.4 is 4.72 Å². The first-order valence-corrected chi connectivity index (χ1v) is 6.56. The van der Waals surface area contributed by atoms with E-state index in [2.05, 4.69) is 4.72 Å². The molecule has 2 aliphatic heterocycles. The quantitative estimate of drug-likeness (QED) is 0.703. The molecule has 0 saturated carbocycles. The summed E-state index contributed by atoms with van der Waals surface area (Å²) in [7, 11) is -3.08. The molecule has 0 aromatic heterocycles. The van der Waals surface area contributed by atoms with E-state index in [9.17, 15) is 8.42 Å². The molecule has 5 heteroatoms. The van der Waals surface area contributed by atoms with Crippen LogP contribution in [0.1, 0.15) is 25.7 Å². The lowest BCUT2D eigenvalue weighted by Gasteiger charge is -2.29. The molecule has 0 aromatic carbocycles. The lowest BCUT2D eigenvalue weighted by atomic mass is 10.1. The highest BCUT2D eigenvalue weighted by Crippen LogP contribution is 2.32. The topological polar surface area (TPSA) is 55.4 Å². The van der Waals surface area contributed by atoms with Crippen LogP contribution >= 0.6 is 0 Å². The van der Waals surface area contributed by atoms with Crippen molar-refractivity contribution in [3.05, 3.63) is 0 Å². The minimum atomic E-state index is -3.08. The van der Waals surface area contributed by atoms with Crippen molar-refractivity contribution >= 4 is 10.0 Å². The average molecular weight is 205 g/mol. The molecule has 0 radical (unpaired) electrons. The van der Waals surface area contributed by atoms with Gasteiger partial charge >= 0.3 is 0 Å². The molecule has 2 fully saturated rings. The molecule has 1 N–H and O–H groups in total. The van der Waals surface area contributed by atoms with E-state index in [4.69, 9.17) is 4.74 Å². The third kappa shape index (κ3) is 2.21. The Morgan fingerprint density at radius 3 is 2.62 bits per heavy atom. The fraction of sp³-hybridized carbons (Fsp3) is 1.00. The van der Waals surface area contributed by atoms with E-state index in [0.717, 1.165) is 25.7 Å². The maximum atomic E-state index is 11.0. The molecule has 3 unspecified atom stereocenters. The first-order chi connectivity index (χ1) is 6.04. The molecule has 2 aliphatic rings.